The van der Waals surface area contributed by atoms with Gasteiger partial charge in [-0.05, 0) is 42.6 Å². The number of halogens is 1. The fourth-order valence-corrected chi connectivity index (χ4v) is 4.36. The molecule has 1 aliphatic heterocycles. The second-order valence-electron chi connectivity index (χ2n) is 8.73. The lowest BCUT2D eigenvalue weighted by atomic mass is 9.98. The van der Waals surface area contributed by atoms with Crippen molar-refractivity contribution in [2.75, 3.05) is 13.1 Å². The summed E-state index contributed by atoms with van der Waals surface area (Å²) in [5, 5.41) is 19.3. The summed E-state index contributed by atoms with van der Waals surface area (Å²) < 4.78 is 0. The summed E-state index contributed by atoms with van der Waals surface area (Å²) >= 11 is 0. The number of phenolic OH excluding ortho intramolecular Hbond substituents is 2. The molecule has 1 aromatic rings. The van der Waals surface area contributed by atoms with E-state index in [2.05, 4.69) is 11.8 Å². The smallest absolute Gasteiger partial charge is 0.157 e. The third-order valence-corrected chi connectivity index (χ3v) is 6.22. The van der Waals surface area contributed by atoms with Crippen LogP contribution in [0, 0.1) is 0 Å². The van der Waals surface area contributed by atoms with Crippen molar-refractivity contribution in [2.24, 2.45) is 0 Å². The molecule has 2 N–H and O–H groups in total. The summed E-state index contributed by atoms with van der Waals surface area (Å²) in [5.41, 5.74) is 2.36. The van der Waals surface area contributed by atoms with Crippen molar-refractivity contribution in [3.63, 3.8) is 0 Å². The van der Waals surface area contributed by atoms with Gasteiger partial charge in [0.2, 0.25) is 0 Å². The average Bonchev–Trinajstić information content (AvgIpc) is 2.69. The summed E-state index contributed by atoms with van der Waals surface area (Å²) in [6.45, 7) is 5.41. The number of fused-ring (bicyclic) bond motifs is 1. The zero-order chi connectivity index (χ0) is 20.0. The van der Waals surface area contributed by atoms with Crippen molar-refractivity contribution in [3.8, 4) is 11.5 Å². The van der Waals surface area contributed by atoms with Crippen molar-refractivity contribution >= 4 is 12.4 Å². The summed E-state index contributed by atoms with van der Waals surface area (Å²) in [5.74, 6) is 0.0243. The third-order valence-electron chi connectivity index (χ3n) is 6.22. The topological polar surface area (TPSA) is 43.7 Å². The molecule has 0 saturated carbocycles. The van der Waals surface area contributed by atoms with Gasteiger partial charge in [-0.1, -0.05) is 90.4 Å². The van der Waals surface area contributed by atoms with E-state index in [0.717, 1.165) is 26.1 Å². The van der Waals surface area contributed by atoms with Crippen LogP contribution in [0.4, 0.5) is 0 Å². The maximum atomic E-state index is 9.70. The highest BCUT2D eigenvalue weighted by Crippen LogP contribution is 2.31. The Morgan fingerprint density at radius 2 is 1.14 bits per heavy atom. The first-order valence-electron chi connectivity index (χ1n) is 12.0. The molecule has 3 nitrogen and oxygen atoms in total. The number of rotatable bonds is 15. The predicted octanol–water partition coefficient (Wildman–Crippen LogP) is 7.36. The lowest BCUT2D eigenvalue weighted by molar-refractivity contribution is 0.247. The van der Waals surface area contributed by atoms with Gasteiger partial charge in [0.25, 0.3) is 0 Å². The monoisotopic (exact) mass is 425 g/mol. The van der Waals surface area contributed by atoms with Crippen LogP contribution in [0.25, 0.3) is 0 Å². The molecular formula is C25H44ClNO2. The normalized spacial score (nSPS) is 13.8. The molecule has 0 aliphatic carbocycles. The number of phenols is 2. The van der Waals surface area contributed by atoms with E-state index in [1.807, 2.05) is 0 Å². The number of aromatic hydroxyl groups is 2. The molecule has 0 spiro atoms. The van der Waals surface area contributed by atoms with Gasteiger partial charge in [-0.3, -0.25) is 4.90 Å². The minimum atomic E-state index is 0. The van der Waals surface area contributed by atoms with E-state index < -0.39 is 0 Å². The molecule has 4 heteroatoms. The van der Waals surface area contributed by atoms with E-state index in [4.69, 9.17) is 0 Å². The van der Waals surface area contributed by atoms with Crippen LogP contribution < -0.4 is 0 Å². The van der Waals surface area contributed by atoms with Crippen molar-refractivity contribution in [2.45, 2.75) is 110 Å². The Balaban J connectivity index is 0.00000420. The van der Waals surface area contributed by atoms with Gasteiger partial charge in [0.1, 0.15) is 0 Å². The Morgan fingerprint density at radius 1 is 0.690 bits per heavy atom. The van der Waals surface area contributed by atoms with Crippen LogP contribution in [0.15, 0.2) is 12.1 Å². The molecule has 0 atom stereocenters. The number of nitrogens with zero attached hydrogens (tertiary/aromatic N) is 1. The molecule has 29 heavy (non-hydrogen) atoms. The highest BCUT2D eigenvalue weighted by molar-refractivity contribution is 5.85. The van der Waals surface area contributed by atoms with Gasteiger partial charge in [-0.15, -0.1) is 12.4 Å². The van der Waals surface area contributed by atoms with E-state index in [1.54, 1.807) is 12.1 Å². The Hall–Kier alpha value is -0.930. The lowest BCUT2D eigenvalue weighted by Gasteiger charge is -2.29. The molecule has 0 radical (unpaired) electrons. The second kappa shape index (κ2) is 15.8. The van der Waals surface area contributed by atoms with Gasteiger partial charge < -0.3 is 10.2 Å². The first kappa shape index (κ1) is 26.1. The van der Waals surface area contributed by atoms with E-state index in [9.17, 15) is 10.2 Å². The summed E-state index contributed by atoms with van der Waals surface area (Å²) in [4.78, 5) is 2.49. The third kappa shape index (κ3) is 10.6. The highest BCUT2D eigenvalue weighted by atomic mass is 35.5. The SMILES string of the molecule is CCCCCCCCCCCCCCCCN1CCc2cc(O)c(O)cc2C1.Cl. The largest absolute Gasteiger partial charge is 0.504 e. The predicted molar refractivity (Wildman–Crippen MR) is 126 cm³/mol. The Labute approximate surface area is 185 Å². The van der Waals surface area contributed by atoms with Gasteiger partial charge in [0.15, 0.2) is 11.5 Å². The molecule has 2 rings (SSSR count). The molecule has 0 bridgehead atoms. The molecule has 168 valence electrons. The van der Waals surface area contributed by atoms with Crippen molar-refractivity contribution < 1.29 is 10.2 Å². The van der Waals surface area contributed by atoms with Crippen LogP contribution in [0.3, 0.4) is 0 Å². The molecule has 0 saturated heterocycles. The maximum Gasteiger partial charge on any atom is 0.157 e. The van der Waals surface area contributed by atoms with Crippen LogP contribution in [0.2, 0.25) is 0 Å². The minimum Gasteiger partial charge on any atom is -0.504 e. The van der Waals surface area contributed by atoms with E-state index in [-0.39, 0.29) is 23.9 Å². The molecular weight excluding hydrogens is 382 g/mol. The maximum absolute atomic E-state index is 9.70. The summed E-state index contributed by atoms with van der Waals surface area (Å²) in [6, 6.07) is 3.47. The van der Waals surface area contributed by atoms with Crippen molar-refractivity contribution in [3.05, 3.63) is 23.3 Å². The van der Waals surface area contributed by atoms with Gasteiger partial charge in [0.05, 0.1) is 0 Å². The summed E-state index contributed by atoms with van der Waals surface area (Å²) in [7, 11) is 0. The Morgan fingerprint density at radius 3 is 1.66 bits per heavy atom. The van der Waals surface area contributed by atoms with Gasteiger partial charge in [0, 0.05) is 13.1 Å². The van der Waals surface area contributed by atoms with Crippen LogP contribution in [-0.4, -0.2) is 28.2 Å². The first-order valence-corrected chi connectivity index (χ1v) is 12.0. The van der Waals surface area contributed by atoms with Crippen molar-refractivity contribution in [1.29, 1.82) is 0 Å². The van der Waals surface area contributed by atoms with Gasteiger partial charge in [-0.2, -0.15) is 0 Å². The molecule has 0 fully saturated rings. The number of unbranched alkanes of at least 4 members (excludes halogenated alkanes) is 13. The molecule has 1 aliphatic rings. The quantitative estimate of drug-likeness (QED) is 0.228. The van der Waals surface area contributed by atoms with E-state index in [0.29, 0.717) is 0 Å². The van der Waals surface area contributed by atoms with Crippen LogP contribution >= 0.6 is 12.4 Å². The van der Waals surface area contributed by atoms with Gasteiger partial charge >= 0.3 is 0 Å². The molecule has 1 aromatic carbocycles. The fraction of sp³-hybridized carbons (Fsp3) is 0.760. The molecule has 0 amide bonds. The molecule has 0 unspecified atom stereocenters. The number of hydrogen-bond acceptors (Lipinski definition) is 3. The summed E-state index contributed by atoms with van der Waals surface area (Å²) in [6.07, 6.45) is 20.6. The number of benzene rings is 1. The highest BCUT2D eigenvalue weighted by Gasteiger charge is 2.17. The minimum absolute atomic E-state index is 0. The number of hydrogen-bond donors (Lipinski definition) is 2. The Bertz CT molecular complexity index is 550. The Kier molecular flexibility index (Phi) is 14.3. The standard InChI is InChI=1S/C25H43NO2.ClH/c1-2-3-4-5-6-7-8-9-10-11-12-13-14-15-17-26-18-16-22-19-24(27)25(28)20-23(22)21-26;/h19-20,27-28H,2-18,21H2,1H3;1H. The zero-order valence-electron chi connectivity index (χ0n) is 18.6. The molecule has 1 heterocycles. The second-order valence-corrected chi connectivity index (χ2v) is 8.73. The fourth-order valence-electron chi connectivity index (χ4n) is 4.36. The van der Waals surface area contributed by atoms with Gasteiger partial charge in [-0.25, -0.2) is 0 Å². The average molecular weight is 426 g/mol. The zero-order valence-corrected chi connectivity index (χ0v) is 19.4. The first-order chi connectivity index (χ1) is 13.7. The van der Waals surface area contributed by atoms with Crippen LogP contribution in [-0.2, 0) is 13.0 Å². The lowest BCUT2D eigenvalue weighted by Crippen LogP contribution is -2.31. The van der Waals surface area contributed by atoms with E-state index >= 15 is 0 Å². The van der Waals surface area contributed by atoms with Crippen LogP contribution in [0.5, 0.6) is 11.5 Å². The van der Waals surface area contributed by atoms with Crippen molar-refractivity contribution in [1.82, 2.24) is 4.90 Å². The van der Waals surface area contributed by atoms with Crippen LogP contribution in [0.1, 0.15) is 108 Å². The molecule has 0 aromatic heterocycles. The van der Waals surface area contributed by atoms with E-state index in [1.165, 1.54) is 101 Å².